The fraction of sp³-hybridized carbons (Fsp3) is 0.100. The number of rotatable bonds is 3. The van der Waals surface area contributed by atoms with Gasteiger partial charge in [-0.25, -0.2) is 0 Å². The van der Waals surface area contributed by atoms with Crippen LogP contribution in [0.15, 0.2) is 23.8 Å². The maximum Gasteiger partial charge on any atom is 0.305 e. The smallest absolute Gasteiger partial charge is 0.298 e. The largest absolute Gasteiger partial charge is 0.305 e. The van der Waals surface area contributed by atoms with Crippen LogP contribution in [0.25, 0.3) is 6.08 Å². The number of nitro groups is 1. The van der Waals surface area contributed by atoms with E-state index in [1.807, 2.05) is 0 Å². The van der Waals surface area contributed by atoms with Crippen LogP contribution in [-0.4, -0.2) is 11.2 Å². The normalized spacial score (nSPS) is 11.2. The Labute approximate surface area is 85.2 Å². The summed E-state index contributed by atoms with van der Waals surface area (Å²) in [6.45, 7) is 1.56. The van der Waals surface area contributed by atoms with Crippen LogP contribution in [-0.2, 0) is 4.79 Å². The number of hydrogen-bond acceptors (Lipinski definition) is 3. The van der Waals surface area contributed by atoms with Crippen molar-refractivity contribution < 1.29 is 14.1 Å². The molecule has 0 bridgehead atoms. The first-order valence-corrected chi connectivity index (χ1v) is 4.12. The van der Waals surface area contributed by atoms with E-state index in [0.717, 1.165) is 12.1 Å². The standard InChI is InChI=1S/C10H8FNO3/c1-7(6-13)4-8-2-3-9(11)10(5-8)12(14)15/h2-6H,1H3/b7-4-. The van der Waals surface area contributed by atoms with E-state index in [-0.39, 0.29) is 0 Å². The molecule has 15 heavy (non-hydrogen) atoms. The molecular weight excluding hydrogens is 201 g/mol. The van der Waals surface area contributed by atoms with Gasteiger partial charge in [0.15, 0.2) is 0 Å². The van der Waals surface area contributed by atoms with Crippen molar-refractivity contribution in [2.24, 2.45) is 0 Å². The molecule has 0 N–H and O–H groups in total. The number of halogens is 1. The number of carbonyl (C=O) groups excluding carboxylic acids is 1. The van der Waals surface area contributed by atoms with Gasteiger partial charge in [-0.15, -0.1) is 0 Å². The maximum absolute atomic E-state index is 12.9. The summed E-state index contributed by atoms with van der Waals surface area (Å²) in [4.78, 5) is 19.9. The Kier molecular flexibility index (Phi) is 3.28. The summed E-state index contributed by atoms with van der Waals surface area (Å²) < 4.78 is 12.9. The molecule has 0 heterocycles. The Hall–Kier alpha value is -2.04. The van der Waals surface area contributed by atoms with E-state index in [1.165, 1.54) is 12.1 Å². The summed E-state index contributed by atoms with van der Waals surface area (Å²) in [6, 6.07) is 3.46. The first kappa shape index (κ1) is 11.0. The number of carbonyl (C=O) groups is 1. The molecular formula is C10H8FNO3. The lowest BCUT2D eigenvalue weighted by Crippen LogP contribution is -1.92. The zero-order valence-corrected chi connectivity index (χ0v) is 7.94. The average Bonchev–Trinajstić information content (AvgIpc) is 2.20. The monoisotopic (exact) mass is 209 g/mol. The van der Waals surface area contributed by atoms with E-state index >= 15 is 0 Å². The molecule has 0 aliphatic rings. The summed E-state index contributed by atoms with van der Waals surface area (Å²) in [5.74, 6) is -0.888. The Balaban J connectivity index is 3.19. The molecule has 5 heteroatoms. The molecule has 0 aromatic heterocycles. The van der Waals surface area contributed by atoms with Crippen LogP contribution in [0.4, 0.5) is 10.1 Å². The molecule has 0 saturated carbocycles. The van der Waals surface area contributed by atoms with E-state index in [0.29, 0.717) is 17.4 Å². The first-order chi connectivity index (χ1) is 7.04. The van der Waals surface area contributed by atoms with Crippen LogP contribution in [0.1, 0.15) is 12.5 Å². The van der Waals surface area contributed by atoms with E-state index in [1.54, 1.807) is 6.92 Å². The number of nitro benzene ring substituents is 1. The second kappa shape index (κ2) is 4.45. The van der Waals surface area contributed by atoms with Gasteiger partial charge in [0, 0.05) is 6.07 Å². The fourth-order valence-corrected chi connectivity index (χ4v) is 1.06. The van der Waals surface area contributed by atoms with Crippen molar-refractivity contribution in [3.8, 4) is 0 Å². The molecule has 0 spiro atoms. The summed E-state index contributed by atoms with van der Waals surface area (Å²) >= 11 is 0. The van der Waals surface area contributed by atoms with E-state index in [2.05, 4.69) is 0 Å². The Morgan fingerprint density at radius 1 is 1.53 bits per heavy atom. The maximum atomic E-state index is 12.9. The third kappa shape index (κ3) is 2.70. The van der Waals surface area contributed by atoms with Crippen LogP contribution in [0, 0.1) is 15.9 Å². The molecule has 78 valence electrons. The molecule has 1 aromatic rings. The van der Waals surface area contributed by atoms with Crippen LogP contribution in [0.5, 0.6) is 0 Å². The molecule has 0 aliphatic carbocycles. The molecule has 0 fully saturated rings. The second-order valence-electron chi connectivity index (χ2n) is 2.97. The van der Waals surface area contributed by atoms with Gasteiger partial charge in [0.1, 0.15) is 6.29 Å². The highest BCUT2D eigenvalue weighted by molar-refractivity contribution is 5.80. The zero-order valence-electron chi connectivity index (χ0n) is 7.94. The van der Waals surface area contributed by atoms with Gasteiger partial charge in [-0.05, 0) is 30.2 Å². The topological polar surface area (TPSA) is 60.2 Å². The Morgan fingerprint density at radius 3 is 2.73 bits per heavy atom. The molecule has 0 radical (unpaired) electrons. The number of allylic oxidation sites excluding steroid dienone is 1. The molecule has 0 amide bonds. The highest BCUT2D eigenvalue weighted by Crippen LogP contribution is 2.19. The summed E-state index contributed by atoms with van der Waals surface area (Å²) in [6.07, 6.45) is 2.06. The highest BCUT2D eigenvalue weighted by atomic mass is 19.1. The van der Waals surface area contributed by atoms with Crippen molar-refractivity contribution >= 4 is 18.0 Å². The fourth-order valence-electron chi connectivity index (χ4n) is 1.06. The van der Waals surface area contributed by atoms with Crippen LogP contribution in [0.3, 0.4) is 0 Å². The zero-order chi connectivity index (χ0) is 11.4. The van der Waals surface area contributed by atoms with Gasteiger partial charge in [-0.2, -0.15) is 4.39 Å². The predicted molar refractivity (Wildman–Crippen MR) is 52.8 cm³/mol. The average molecular weight is 209 g/mol. The van der Waals surface area contributed by atoms with Gasteiger partial charge < -0.3 is 0 Å². The SMILES string of the molecule is C/C(C=O)=C/c1ccc(F)c([N+](=O)[O-])c1. The molecule has 1 aromatic carbocycles. The van der Waals surface area contributed by atoms with Crippen molar-refractivity contribution in [3.63, 3.8) is 0 Å². The molecule has 4 nitrogen and oxygen atoms in total. The number of hydrogen-bond donors (Lipinski definition) is 0. The van der Waals surface area contributed by atoms with Gasteiger partial charge in [0.05, 0.1) is 4.92 Å². The highest BCUT2D eigenvalue weighted by Gasteiger charge is 2.13. The molecule has 1 rings (SSSR count). The third-order valence-electron chi connectivity index (χ3n) is 1.75. The summed E-state index contributed by atoms with van der Waals surface area (Å²) in [7, 11) is 0. The van der Waals surface area contributed by atoms with Crippen molar-refractivity contribution in [3.05, 3.63) is 45.3 Å². The number of aldehydes is 1. The lowest BCUT2D eigenvalue weighted by molar-refractivity contribution is -0.387. The van der Waals surface area contributed by atoms with Gasteiger partial charge in [0.25, 0.3) is 0 Å². The molecule has 0 saturated heterocycles. The first-order valence-electron chi connectivity index (χ1n) is 4.12. The van der Waals surface area contributed by atoms with Crippen LogP contribution >= 0.6 is 0 Å². The van der Waals surface area contributed by atoms with Gasteiger partial charge in [-0.3, -0.25) is 14.9 Å². The quantitative estimate of drug-likeness (QED) is 0.332. The Morgan fingerprint density at radius 2 is 2.20 bits per heavy atom. The van der Waals surface area contributed by atoms with Gasteiger partial charge >= 0.3 is 5.69 Å². The van der Waals surface area contributed by atoms with E-state index in [4.69, 9.17) is 0 Å². The molecule has 0 aliphatic heterocycles. The lowest BCUT2D eigenvalue weighted by Gasteiger charge is -1.96. The van der Waals surface area contributed by atoms with Crippen molar-refractivity contribution in [2.75, 3.05) is 0 Å². The summed E-state index contributed by atoms with van der Waals surface area (Å²) in [5.41, 5.74) is 0.242. The van der Waals surface area contributed by atoms with E-state index in [9.17, 15) is 19.3 Å². The molecule has 0 unspecified atom stereocenters. The minimum absolute atomic E-state index is 0.413. The van der Waals surface area contributed by atoms with Gasteiger partial charge in [0.2, 0.25) is 5.82 Å². The number of benzene rings is 1. The minimum Gasteiger partial charge on any atom is -0.298 e. The van der Waals surface area contributed by atoms with Crippen molar-refractivity contribution in [1.29, 1.82) is 0 Å². The van der Waals surface area contributed by atoms with Crippen molar-refractivity contribution in [1.82, 2.24) is 0 Å². The van der Waals surface area contributed by atoms with Gasteiger partial charge in [-0.1, -0.05) is 6.07 Å². The van der Waals surface area contributed by atoms with Crippen LogP contribution < -0.4 is 0 Å². The summed E-state index contributed by atoms with van der Waals surface area (Å²) in [5, 5.41) is 10.4. The lowest BCUT2D eigenvalue weighted by atomic mass is 10.1. The third-order valence-corrected chi connectivity index (χ3v) is 1.75. The Bertz CT molecular complexity index is 440. The van der Waals surface area contributed by atoms with Crippen LogP contribution in [0.2, 0.25) is 0 Å². The second-order valence-corrected chi connectivity index (χ2v) is 2.97. The van der Waals surface area contributed by atoms with E-state index < -0.39 is 16.4 Å². The predicted octanol–water partition coefficient (Wildman–Crippen LogP) is 2.34. The van der Waals surface area contributed by atoms with Crippen molar-refractivity contribution in [2.45, 2.75) is 6.92 Å². The minimum atomic E-state index is -0.888. The number of nitrogens with zero attached hydrogens (tertiary/aromatic N) is 1. The molecule has 0 atom stereocenters.